The number of hydrogen-bond donors (Lipinski definition) is 0. The SMILES string of the molecule is Cc1ccc(N(c2ccccc2)c2ccc(-c3ccc(N(c4ccc(C)cc4)c4ccc(-c5ccc(N(c6ccc(C)cc6)c6ccc(C)cc6)cc5)cc4)cc3)cc2)cc1.Cc1ccc(N(c2ccccc2)c2ccc(-c3ccc(N(c4ccccc4)c4ccc(-c5ccc(N(c6ccccc6)c6ccc(-c7ccc(N(c8ccccc8)c8ccc(C)cc8)cc7)cc6)cc5)cc4)cc3)cc2)cc1. The van der Waals surface area contributed by atoms with Gasteiger partial charge in [-0.05, 0) is 352 Å². The molecule has 0 aliphatic carbocycles. The summed E-state index contributed by atoms with van der Waals surface area (Å²) in [5.74, 6) is 0. The maximum atomic E-state index is 2.33. The van der Waals surface area contributed by atoms with Gasteiger partial charge in [-0.2, -0.15) is 0 Å². The normalized spacial score (nSPS) is 10.9. The number of aryl methyl sites for hydroxylation is 6. The largest absolute Gasteiger partial charge is 0.311 e. The minimum Gasteiger partial charge on any atom is -0.311 e. The molecule has 0 saturated carbocycles. The second kappa shape index (κ2) is 41.4. The monoisotopic (exact) mass is 1790 g/mol. The molecule has 0 aromatic heterocycles. The van der Waals surface area contributed by atoms with Gasteiger partial charge < -0.3 is 34.3 Å². The summed E-state index contributed by atoms with van der Waals surface area (Å²) in [6.07, 6.45) is 0. The Labute approximate surface area is 818 Å². The van der Waals surface area contributed by atoms with Crippen LogP contribution in [-0.2, 0) is 0 Å². The lowest BCUT2D eigenvalue weighted by atomic mass is 10.0. The summed E-state index contributed by atoms with van der Waals surface area (Å²) in [5.41, 5.74) is 42.4. The fraction of sp³-hybridized carbons (Fsp3) is 0.0455. The van der Waals surface area contributed by atoms with Crippen LogP contribution in [0, 0.1) is 41.5 Å². The van der Waals surface area contributed by atoms with Gasteiger partial charge in [0.1, 0.15) is 0 Å². The van der Waals surface area contributed by atoms with E-state index in [1.807, 2.05) is 0 Å². The van der Waals surface area contributed by atoms with Crippen LogP contribution in [0.1, 0.15) is 33.4 Å². The highest BCUT2D eigenvalue weighted by Gasteiger charge is 2.23. The van der Waals surface area contributed by atoms with Crippen molar-refractivity contribution in [3.8, 4) is 55.6 Å². The van der Waals surface area contributed by atoms with E-state index in [1.165, 1.54) is 55.6 Å². The Kier molecular flexibility index (Phi) is 26.5. The molecule has 7 nitrogen and oxygen atoms in total. The van der Waals surface area contributed by atoms with Gasteiger partial charge in [-0.15, -0.1) is 0 Å². The molecule has 0 spiro atoms. The zero-order valence-corrected chi connectivity index (χ0v) is 79.0. The minimum absolute atomic E-state index is 1.09. The maximum Gasteiger partial charge on any atom is 0.0462 e. The van der Waals surface area contributed by atoms with E-state index in [9.17, 15) is 0 Å². The van der Waals surface area contributed by atoms with Gasteiger partial charge in [0.25, 0.3) is 0 Å². The number of benzene rings is 21. The first-order valence-corrected chi connectivity index (χ1v) is 47.6. The third-order valence-electron chi connectivity index (χ3n) is 25.7. The molecule has 0 fully saturated rings. The lowest BCUT2D eigenvalue weighted by Crippen LogP contribution is -2.10. The molecule has 0 aliphatic heterocycles. The van der Waals surface area contributed by atoms with E-state index in [2.05, 4.69) is 616 Å². The van der Waals surface area contributed by atoms with Gasteiger partial charge in [0.2, 0.25) is 0 Å². The molecule has 139 heavy (non-hydrogen) atoms. The summed E-state index contributed by atoms with van der Waals surface area (Å²) in [6.45, 7) is 12.8. The van der Waals surface area contributed by atoms with Crippen LogP contribution >= 0.6 is 0 Å². The summed E-state index contributed by atoms with van der Waals surface area (Å²) in [5, 5.41) is 0. The second-order valence-electron chi connectivity index (χ2n) is 35.5. The van der Waals surface area contributed by atoms with Gasteiger partial charge in [-0.3, -0.25) is 0 Å². The predicted molar refractivity (Wildman–Crippen MR) is 591 cm³/mol. The Balaban J connectivity index is 0.000000176. The summed E-state index contributed by atoms with van der Waals surface area (Å²) in [4.78, 5) is 16.2. The molecule has 0 saturated heterocycles. The van der Waals surface area contributed by atoms with Crippen molar-refractivity contribution in [1.82, 2.24) is 0 Å². The molecule has 0 heterocycles. The molecule has 0 aliphatic rings. The van der Waals surface area contributed by atoms with Crippen molar-refractivity contribution in [3.63, 3.8) is 0 Å². The molecule has 0 amide bonds. The molecular formula is C132H107N7. The molecule has 670 valence electrons. The first kappa shape index (κ1) is 89.1. The van der Waals surface area contributed by atoms with E-state index in [0.29, 0.717) is 0 Å². The predicted octanol–water partition coefficient (Wildman–Crippen LogP) is 37.8. The Bertz CT molecular complexity index is 7250. The Morgan fingerprint density at radius 1 is 0.0791 bits per heavy atom. The zero-order chi connectivity index (χ0) is 94.3. The van der Waals surface area contributed by atoms with Crippen molar-refractivity contribution in [1.29, 1.82) is 0 Å². The fourth-order valence-electron chi connectivity index (χ4n) is 18.2. The molecule has 0 radical (unpaired) electrons. The molecule has 0 unspecified atom stereocenters. The molecule has 7 heteroatoms. The van der Waals surface area contributed by atoms with Crippen LogP contribution in [0.4, 0.5) is 119 Å². The average molecular weight is 1790 g/mol. The number of anilines is 21. The molecule has 0 N–H and O–H groups in total. The van der Waals surface area contributed by atoms with Crippen LogP contribution in [0.3, 0.4) is 0 Å². The summed E-state index contributed by atoms with van der Waals surface area (Å²) in [7, 11) is 0. The van der Waals surface area contributed by atoms with Crippen molar-refractivity contribution in [3.05, 3.63) is 573 Å². The van der Waals surface area contributed by atoms with Crippen LogP contribution in [0.2, 0.25) is 0 Å². The van der Waals surface area contributed by atoms with E-state index in [-0.39, 0.29) is 0 Å². The molecule has 0 bridgehead atoms. The zero-order valence-electron chi connectivity index (χ0n) is 79.0. The van der Waals surface area contributed by atoms with Crippen molar-refractivity contribution in [2.75, 3.05) is 34.3 Å². The van der Waals surface area contributed by atoms with Gasteiger partial charge in [-0.1, -0.05) is 318 Å². The third-order valence-corrected chi connectivity index (χ3v) is 25.7. The van der Waals surface area contributed by atoms with E-state index in [1.54, 1.807) is 0 Å². The maximum absolute atomic E-state index is 2.33. The average Bonchev–Trinajstić information content (AvgIpc) is 0.794. The van der Waals surface area contributed by atoms with Crippen LogP contribution < -0.4 is 34.3 Å². The van der Waals surface area contributed by atoms with Crippen LogP contribution in [0.5, 0.6) is 0 Å². The van der Waals surface area contributed by atoms with E-state index in [0.717, 1.165) is 153 Å². The number of rotatable bonds is 26. The highest BCUT2D eigenvalue weighted by molar-refractivity contribution is 5.89. The summed E-state index contributed by atoms with van der Waals surface area (Å²) in [6, 6.07) is 194. The highest BCUT2D eigenvalue weighted by atomic mass is 15.2. The summed E-state index contributed by atoms with van der Waals surface area (Å²) >= 11 is 0. The first-order chi connectivity index (χ1) is 68.3. The molecular weight excluding hydrogens is 1680 g/mol. The lowest BCUT2D eigenvalue weighted by molar-refractivity contribution is 1.27. The Morgan fingerprint density at radius 3 is 0.237 bits per heavy atom. The topological polar surface area (TPSA) is 22.7 Å². The fourth-order valence-corrected chi connectivity index (χ4v) is 18.2. The van der Waals surface area contributed by atoms with Crippen molar-refractivity contribution >= 4 is 119 Å². The lowest BCUT2D eigenvalue weighted by Gasteiger charge is -2.27. The van der Waals surface area contributed by atoms with Gasteiger partial charge in [0, 0.05) is 119 Å². The van der Waals surface area contributed by atoms with E-state index in [4.69, 9.17) is 0 Å². The third kappa shape index (κ3) is 20.5. The van der Waals surface area contributed by atoms with Gasteiger partial charge in [0.15, 0.2) is 0 Å². The molecule has 21 aromatic rings. The number of nitrogens with zero attached hydrogens (tertiary/aromatic N) is 7. The van der Waals surface area contributed by atoms with Crippen molar-refractivity contribution < 1.29 is 0 Å². The summed E-state index contributed by atoms with van der Waals surface area (Å²) < 4.78 is 0. The Morgan fingerprint density at radius 2 is 0.151 bits per heavy atom. The van der Waals surface area contributed by atoms with Crippen LogP contribution in [-0.4, -0.2) is 0 Å². The van der Waals surface area contributed by atoms with Gasteiger partial charge in [0.05, 0.1) is 0 Å². The second-order valence-corrected chi connectivity index (χ2v) is 35.5. The van der Waals surface area contributed by atoms with Crippen molar-refractivity contribution in [2.24, 2.45) is 0 Å². The van der Waals surface area contributed by atoms with Gasteiger partial charge >= 0.3 is 0 Å². The van der Waals surface area contributed by atoms with Crippen molar-refractivity contribution in [2.45, 2.75) is 41.5 Å². The van der Waals surface area contributed by atoms with E-state index < -0.39 is 0 Å². The molecule has 0 atom stereocenters. The van der Waals surface area contributed by atoms with Gasteiger partial charge in [-0.25, -0.2) is 0 Å². The number of para-hydroxylation sites is 5. The number of hydrogen-bond acceptors (Lipinski definition) is 7. The quantitative estimate of drug-likeness (QED) is 0.0532. The smallest absolute Gasteiger partial charge is 0.0462 e. The molecule has 21 rings (SSSR count). The van der Waals surface area contributed by atoms with E-state index >= 15 is 0 Å². The molecule has 21 aromatic carbocycles. The first-order valence-electron chi connectivity index (χ1n) is 47.6. The Hall–Kier alpha value is -17.8. The van der Waals surface area contributed by atoms with Crippen LogP contribution in [0.15, 0.2) is 540 Å². The minimum atomic E-state index is 1.09. The standard InChI is InChI=1S/C74H58N4.C58H49N3/c1-55-23-39-67(40-24-55)75(63-15-7-3-8-16-63)69-43-27-57(28-44-69)59-31-47-71(48-32-59)77(65-19-11-5-12-20-65)73-51-35-61(36-52-73)62-37-53-74(54-38-62)78(66-21-13-6-14-22-66)72-49-33-60(34-50-72)58-29-45-70(46-30-58)76(64-17-9-4-10-18-64)68-41-25-56(2)26-42-68;1-42-10-26-51(27-11-42)59(50-8-6-5-7-9-50)55-34-18-46(19-35-55)48-22-38-57(39-23-48)61(54-32-16-45(4)17-33-54)58-40-24-49(25-41-58)47-20-36-56(37-21-47)60(52-28-12-43(2)13-29-52)53-30-14-44(3)15-31-53/h3-54H,1-2H3;5-41H,1-4H3. The van der Waals surface area contributed by atoms with Crippen LogP contribution in [0.25, 0.3) is 55.6 Å². The highest BCUT2D eigenvalue weighted by Crippen LogP contribution is 2.46.